The van der Waals surface area contributed by atoms with E-state index >= 15 is 0 Å². The standard InChI is InChI=1S/C7H10BrIN2/c1-5(2)11-4-6(3-8)7(9)10-11/h4-5H,3H2,1-2H3. The van der Waals surface area contributed by atoms with Gasteiger partial charge in [0.15, 0.2) is 0 Å². The summed E-state index contributed by atoms with van der Waals surface area (Å²) in [5.74, 6) is 0. The summed E-state index contributed by atoms with van der Waals surface area (Å²) in [6.45, 7) is 4.25. The van der Waals surface area contributed by atoms with Gasteiger partial charge in [0.05, 0.1) is 0 Å². The zero-order valence-corrected chi connectivity index (χ0v) is 10.3. The molecule has 1 aromatic rings. The maximum absolute atomic E-state index is 4.35. The Morgan fingerprint density at radius 3 is 2.64 bits per heavy atom. The minimum Gasteiger partial charge on any atom is -0.269 e. The third-order valence-electron chi connectivity index (χ3n) is 1.43. The third-order valence-corrected chi connectivity index (χ3v) is 2.94. The highest BCUT2D eigenvalue weighted by atomic mass is 127. The molecule has 0 aliphatic rings. The Balaban J connectivity index is 2.95. The van der Waals surface area contributed by atoms with Crippen LogP contribution in [0.3, 0.4) is 0 Å². The van der Waals surface area contributed by atoms with E-state index in [0.29, 0.717) is 6.04 Å². The molecule has 11 heavy (non-hydrogen) atoms. The van der Waals surface area contributed by atoms with Crippen LogP contribution in [0.25, 0.3) is 0 Å². The summed E-state index contributed by atoms with van der Waals surface area (Å²) >= 11 is 5.67. The first-order valence-corrected chi connectivity index (χ1v) is 5.64. The Morgan fingerprint density at radius 1 is 1.73 bits per heavy atom. The fraction of sp³-hybridized carbons (Fsp3) is 0.571. The van der Waals surface area contributed by atoms with Crippen molar-refractivity contribution >= 4 is 38.5 Å². The van der Waals surface area contributed by atoms with Crippen LogP contribution in [-0.4, -0.2) is 9.78 Å². The van der Waals surface area contributed by atoms with Crippen molar-refractivity contribution in [2.75, 3.05) is 0 Å². The number of alkyl halides is 1. The summed E-state index contributed by atoms with van der Waals surface area (Å²) in [7, 11) is 0. The lowest BCUT2D eigenvalue weighted by Gasteiger charge is -2.02. The topological polar surface area (TPSA) is 17.8 Å². The van der Waals surface area contributed by atoms with Gasteiger partial charge in [-0.3, -0.25) is 4.68 Å². The minimum absolute atomic E-state index is 0.455. The summed E-state index contributed by atoms with van der Waals surface area (Å²) in [6, 6.07) is 0.455. The van der Waals surface area contributed by atoms with E-state index in [1.54, 1.807) is 0 Å². The molecule has 1 heterocycles. The second kappa shape index (κ2) is 3.89. The van der Waals surface area contributed by atoms with Crippen LogP contribution < -0.4 is 0 Å². The quantitative estimate of drug-likeness (QED) is 0.603. The van der Waals surface area contributed by atoms with E-state index in [2.05, 4.69) is 63.7 Å². The van der Waals surface area contributed by atoms with Gasteiger partial charge in [-0.1, -0.05) is 15.9 Å². The minimum atomic E-state index is 0.455. The first kappa shape index (κ1) is 9.51. The molecular formula is C7H10BrIN2. The van der Waals surface area contributed by atoms with Gasteiger partial charge >= 0.3 is 0 Å². The number of hydrogen-bond donors (Lipinski definition) is 0. The summed E-state index contributed by atoms with van der Waals surface area (Å²) in [6.07, 6.45) is 2.08. The van der Waals surface area contributed by atoms with Gasteiger partial charge in [-0.15, -0.1) is 0 Å². The largest absolute Gasteiger partial charge is 0.269 e. The summed E-state index contributed by atoms with van der Waals surface area (Å²) in [5, 5.41) is 5.24. The van der Waals surface area contributed by atoms with Gasteiger partial charge < -0.3 is 0 Å². The molecule has 0 fully saturated rings. The van der Waals surface area contributed by atoms with Crippen LogP contribution in [0.2, 0.25) is 0 Å². The van der Waals surface area contributed by atoms with Gasteiger partial charge in [-0.05, 0) is 36.4 Å². The van der Waals surface area contributed by atoms with Crippen LogP contribution >= 0.6 is 38.5 Å². The molecule has 0 N–H and O–H groups in total. The second-order valence-electron chi connectivity index (χ2n) is 2.65. The smallest absolute Gasteiger partial charge is 0.127 e. The van der Waals surface area contributed by atoms with Gasteiger partial charge in [0, 0.05) is 23.1 Å². The number of halogens is 2. The molecule has 0 bridgehead atoms. The molecule has 0 saturated carbocycles. The van der Waals surface area contributed by atoms with Crippen molar-refractivity contribution in [2.24, 2.45) is 0 Å². The molecule has 2 nitrogen and oxygen atoms in total. The van der Waals surface area contributed by atoms with Gasteiger partial charge in [0.25, 0.3) is 0 Å². The van der Waals surface area contributed by atoms with Crippen LogP contribution in [-0.2, 0) is 5.33 Å². The van der Waals surface area contributed by atoms with E-state index < -0.39 is 0 Å². The molecule has 0 amide bonds. The van der Waals surface area contributed by atoms with Crippen molar-refractivity contribution in [3.63, 3.8) is 0 Å². The Hall–Kier alpha value is 0.420. The molecule has 0 atom stereocenters. The predicted molar refractivity (Wildman–Crippen MR) is 58.0 cm³/mol. The van der Waals surface area contributed by atoms with Crippen LogP contribution in [0.5, 0.6) is 0 Å². The van der Waals surface area contributed by atoms with Crippen molar-refractivity contribution in [3.05, 3.63) is 15.5 Å². The Morgan fingerprint density at radius 2 is 2.36 bits per heavy atom. The van der Waals surface area contributed by atoms with Gasteiger partial charge in [0.2, 0.25) is 0 Å². The summed E-state index contributed by atoms with van der Waals surface area (Å²) < 4.78 is 3.08. The molecule has 4 heteroatoms. The molecule has 0 saturated heterocycles. The summed E-state index contributed by atoms with van der Waals surface area (Å²) in [5.41, 5.74) is 1.26. The molecule has 0 spiro atoms. The van der Waals surface area contributed by atoms with E-state index in [0.717, 1.165) is 9.03 Å². The molecule has 0 aromatic carbocycles. The fourth-order valence-corrected chi connectivity index (χ4v) is 2.28. The number of rotatable bonds is 2. The normalized spacial score (nSPS) is 11.0. The van der Waals surface area contributed by atoms with Crippen molar-refractivity contribution in [1.82, 2.24) is 9.78 Å². The highest BCUT2D eigenvalue weighted by molar-refractivity contribution is 14.1. The van der Waals surface area contributed by atoms with Crippen molar-refractivity contribution < 1.29 is 0 Å². The molecule has 1 rings (SSSR count). The van der Waals surface area contributed by atoms with Crippen LogP contribution in [0.1, 0.15) is 25.5 Å². The van der Waals surface area contributed by atoms with E-state index in [-0.39, 0.29) is 0 Å². The Bertz CT molecular complexity index is 245. The maximum atomic E-state index is 4.35. The molecule has 1 aromatic heterocycles. The van der Waals surface area contributed by atoms with Crippen LogP contribution in [0, 0.1) is 3.70 Å². The number of hydrogen-bond acceptors (Lipinski definition) is 1. The number of aromatic nitrogens is 2. The molecular weight excluding hydrogens is 319 g/mol. The second-order valence-corrected chi connectivity index (χ2v) is 4.24. The average molecular weight is 329 g/mol. The third kappa shape index (κ3) is 2.18. The predicted octanol–water partition coefficient (Wildman–Crippen LogP) is 2.96. The van der Waals surface area contributed by atoms with Gasteiger partial charge in [-0.2, -0.15) is 5.10 Å². The highest BCUT2D eigenvalue weighted by Crippen LogP contribution is 2.15. The Kier molecular flexibility index (Phi) is 3.36. The first-order chi connectivity index (χ1) is 5.15. The van der Waals surface area contributed by atoms with Crippen molar-refractivity contribution in [3.8, 4) is 0 Å². The number of nitrogens with zero attached hydrogens (tertiary/aromatic N) is 2. The lowest BCUT2D eigenvalue weighted by atomic mass is 10.4. The van der Waals surface area contributed by atoms with E-state index in [1.165, 1.54) is 5.56 Å². The zero-order valence-electron chi connectivity index (χ0n) is 6.51. The SMILES string of the molecule is CC(C)n1cc(CBr)c(I)n1. The molecule has 0 aliphatic heterocycles. The monoisotopic (exact) mass is 328 g/mol. The van der Waals surface area contributed by atoms with E-state index in [4.69, 9.17) is 0 Å². The van der Waals surface area contributed by atoms with E-state index in [1.807, 2.05) is 4.68 Å². The fourth-order valence-electron chi connectivity index (χ4n) is 0.762. The first-order valence-electron chi connectivity index (χ1n) is 3.44. The molecule has 62 valence electrons. The van der Waals surface area contributed by atoms with Gasteiger partial charge in [-0.25, -0.2) is 0 Å². The molecule has 0 unspecified atom stereocenters. The highest BCUT2D eigenvalue weighted by Gasteiger charge is 2.05. The Labute approximate surface area is 88.6 Å². The molecule has 0 aliphatic carbocycles. The average Bonchev–Trinajstić information content (AvgIpc) is 2.31. The maximum Gasteiger partial charge on any atom is 0.127 e. The van der Waals surface area contributed by atoms with Crippen molar-refractivity contribution in [1.29, 1.82) is 0 Å². The molecule has 0 radical (unpaired) electrons. The van der Waals surface area contributed by atoms with E-state index in [9.17, 15) is 0 Å². The van der Waals surface area contributed by atoms with Crippen LogP contribution in [0.4, 0.5) is 0 Å². The lowest BCUT2D eigenvalue weighted by molar-refractivity contribution is 0.529. The van der Waals surface area contributed by atoms with Crippen LogP contribution in [0.15, 0.2) is 6.20 Å². The lowest BCUT2D eigenvalue weighted by Crippen LogP contribution is -2.00. The van der Waals surface area contributed by atoms with Gasteiger partial charge in [0.1, 0.15) is 3.70 Å². The zero-order chi connectivity index (χ0) is 8.43. The van der Waals surface area contributed by atoms with Crippen molar-refractivity contribution in [2.45, 2.75) is 25.2 Å². The summed E-state index contributed by atoms with van der Waals surface area (Å²) in [4.78, 5) is 0.